The second kappa shape index (κ2) is 13.4. The Balaban J connectivity index is 2.09. The molecule has 0 radical (unpaired) electrons. The lowest BCUT2D eigenvalue weighted by atomic mass is 10.0. The molecule has 2 aromatic carbocycles. The molecule has 0 spiro atoms. The third-order valence-electron chi connectivity index (χ3n) is 5.10. The molecule has 176 valence electrons. The van der Waals surface area contributed by atoms with Crippen molar-refractivity contribution in [3.63, 3.8) is 0 Å². The van der Waals surface area contributed by atoms with Gasteiger partial charge in [0.1, 0.15) is 18.4 Å². The van der Waals surface area contributed by atoms with Gasteiger partial charge in [-0.15, -0.1) is 0 Å². The van der Waals surface area contributed by atoms with Crippen LogP contribution in [0.25, 0.3) is 0 Å². The van der Waals surface area contributed by atoms with E-state index >= 15 is 0 Å². The van der Waals surface area contributed by atoms with Gasteiger partial charge in [0, 0.05) is 17.0 Å². The topological polar surface area (TPSA) is 104 Å². The van der Waals surface area contributed by atoms with Gasteiger partial charge in [-0.05, 0) is 37.1 Å². The van der Waals surface area contributed by atoms with Crippen LogP contribution in [0.5, 0.6) is 0 Å². The molecule has 2 aromatic rings. The van der Waals surface area contributed by atoms with Gasteiger partial charge in [0.15, 0.2) is 0 Å². The molecule has 0 saturated heterocycles. The predicted octanol–water partition coefficient (Wildman–Crippen LogP) is 3.06. The second-order valence-corrected chi connectivity index (χ2v) is 8.29. The van der Waals surface area contributed by atoms with Crippen molar-refractivity contribution in [3.05, 3.63) is 70.7 Å². The number of amides is 3. The largest absolute Gasteiger partial charge is 0.345 e. The van der Waals surface area contributed by atoms with Gasteiger partial charge >= 0.3 is 0 Å². The lowest BCUT2D eigenvalue weighted by molar-refractivity contribution is -0.130. The number of halogens is 1. The zero-order valence-corrected chi connectivity index (χ0v) is 19.6. The van der Waals surface area contributed by atoms with E-state index in [1.807, 2.05) is 37.3 Å². The Hall–Kier alpha value is -3.19. The zero-order chi connectivity index (χ0) is 24.2. The first-order valence-electron chi connectivity index (χ1n) is 11.0. The van der Waals surface area contributed by atoms with Gasteiger partial charge in [0.2, 0.25) is 11.8 Å². The minimum atomic E-state index is -0.920. The summed E-state index contributed by atoms with van der Waals surface area (Å²) in [6.07, 6.45) is 3.18. The SMILES string of the molecule is CCCC[C@@H](C=O)NC(=O)[C@H](C)NC(=O)[C@H](Cc1ccccc1)NC(=O)c1cccc(Cl)c1. The maximum absolute atomic E-state index is 13.0. The summed E-state index contributed by atoms with van der Waals surface area (Å²) in [6, 6.07) is 13.3. The highest BCUT2D eigenvalue weighted by Gasteiger charge is 2.26. The molecule has 7 nitrogen and oxygen atoms in total. The smallest absolute Gasteiger partial charge is 0.251 e. The molecule has 3 atom stereocenters. The summed E-state index contributed by atoms with van der Waals surface area (Å²) in [7, 11) is 0. The Morgan fingerprint density at radius 3 is 2.33 bits per heavy atom. The molecule has 8 heteroatoms. The number of carbonyl (C=O) groups excluding carboxylic acids is 4. The average Bonchev–Trinajstić information content (AvgIpc) is 2.81. The van der Waals surface area contributed by atoms with Crippen LogP contribution in [0.15, 0.2) is 54.6 Å². The summed E-state index contributed by atoms with van der Waals surface area (Å²) in [5.41, 5.74) is 1.17. The summed E-state index contributed by atoms with van der Waals surface area (Å²) in [6.45, 7) is 3.53. The predicted molar refractivity (Wildman–Crippen MR) is 128 cm³/mol. The summed E-state index contributed by atoms with van der Waals surface area (Å²) in [4.78, 5) is 49.5. The fraction of sp³-hybridized carbons (Fsp3) is 0.360. The molecule has 0 fully saturated rings. The normalized spacial score (nSPS) is 13.3. The van der Waals surface area contributed by atoms with Crippen LogP contribution in [0.3, 0.4) is 0 Å². The number of nitrogens with one attached hydrogen (secondary N) is 3. The number of hydrogen-bond acceptors (Lipinski definition) is 4. The fourth-order valence-corrected chi connectivity index (χ4v) is 3.41. The second-order valence-electron chi connectivity index (χ2n) is 7.85. The van der Waals surface area contributed by atoms with E-state index in [9.17, 15) is 19.2 Å². The van der Waals surface area contributed by atoms with Crippen LogP contribution in [0.4, 0.5) is 0 Å². The Morgan fingerprint density at radius 1 is 0.970 bits per heavy atom. The molecule has 3 amide bonds. The van der Waals surface area contributed by atoms with Crippen molar-refractivity contribution < 1.29 is 19.2 Å². The van der Waals surface area contributed by atoms with Gasteiger partial charge in [-0.2, -0.15) is 0 Å². The Kier molecular flexibility index (Phi) is 10.6. The summed E-state index contributed by atoms with van der Waals surface area (Å²) >= 11 is 5.98. The average molecular weight is 472 g/mol. The molecule has 0 bridgehead atoms. The monoisotopic (exact) mass is 471 g/mol. The summed E-state index contributed by atoms with van der Waals surface area (Å²) in [5, 5.41) is 8.43. The molecular weight excluding hydrogens is 442 g/mol. The highest BCUT2D eigenvalue weighted by molar-refractivity contribution is 6.31. The molecule has 33 heavy (non-hydrogen) atoms. The van der Waals surface area contributed by atoms with Crippen LogP contribution in [-0.2, 0) is 20.8 Å². The van der Waals surface area contributed by atoms with Crippen LogP contribution in [0.1, 0.15) is 49.0 Å². The first-order valence-corrected chi connectivity index (χ1v) is 11.4. The van der Waals surface area contributed by atoms with Crippen molar-refractivity contribution in [1.29, 1.82) is 0 Å². The first-order chi connectivity index (χ1) is 15.8. The minimum absolute atomic E-state index is 0.237. The van der Waals surface area contributed by atoms with Gasteiger partial charge < -0.3 is 20.7 Å². The van der Waals surface area contributed by atoms with Crippen molar-refractivity contribution in [3.8, 4) is 0 Å². The number of hydrogen-bond donors (Lipinski definition) is 3. The van der Waals surface area contributed by atoms with Crippen LogP contribution in [0, 0.1) is 0 Å². The van der Waals surface area contributed by atoms with Crippen LogP contribution in [-0.4, -0.2) is 42.1 Å². The maximum atomic E-state index is 13.0. The van der Waals surface area contributed by atoms with E-state index in [1.165, 1.54) is 13.0 Å². The van der Waals surface area contributed by atoms with Crippen molar-refractivity contribution in [2.24, 2.45) is 0 Å². The Bertz CT molecular complexity index is 952. The molecule has 2 rings (SSSR count). The number of aldehydes is 1. The third kappa shape index (κ3) is 8.69. The van der Waals surface area contributed by atoms with Gasteiger partial charge in [-0.1, -0.05) is 67.8 Å². The van der Waals surface area contributed by atoms with E-state index in [0.29, 0.717) is 23.3 Å². The Morgan fingerprint density at radius 2 is 1.70 bits per heavy atom. The van der Waals surface area contributed by atoms with Gasteiger partial charge in [0.25, 0.3) is 5.91 Å². The number of benzene rings is 2. The lowest BCUT2D eigenvalue weighted by Gasteiger charge is -2.22. The van der Waals surface area contributed by atoms with E-state index in [2.05, 4.69) is 16.0 Å². The molecular formula is C25H30ClN3O4. The van der Waals surface area contributed by atoms with Crippen molar-refractivity contribution >= 4 is 35.6 Å². The molecule has 0 heterocycles. The van der Waals surface area contributed by atoms with E-state index < -0.39 is 35.8 Å². The van der Waals surface area contributed by atoms with E-state index in [4.69, 9.17) is 11.6 Å². The number of unbranched alkanes of at least 4 members (excludes halogenated alkanes) is 1. The summed E-state index contributed by atoms with van der Waals surface area (Å²) < 4.78 is 0. The number of carbonyl (C=O) groups is 4. The van der Waals surface area contributed by atoms with Crippen molar-refractivity contribution in [2.75, 3.05) is 0 Å². The van der Waals surface area contributed by atoms with Gasteiger partial charge in [0.05, 0.1) is 6.04 Å². The molecule has 0 aliphatic rings. The molecule has 0 aliphatic heterocycles. The van der Waals surface area contributed by atoms with E-state index in [0.717, 1.165) is 18.4 Å². The maximum Gasteiger partial charge on any atom is 0.251 e. The van der Waals surface area contributed by atoms with E-state index in [1.54, 1.807) is 18.2 Å². The van der Waals surface area contributed by atoms with Crippen LogP contribution < -0.4 is 16.0 Å². The van der Waals surface area contributed by atoms with Crippen molar-refractivity contribution in [2.45, 2.75) is 57.7 Å². The highest BCUT2D eigenvalue weighted by atomic mass is 35.5. The van der Waals surface area contributed by atoms with Gasteiger partial charge in [-0.3, -0.25) is 14.4 Å². The third-order valence-corrected chi connectivity index (χ3v) is 5.34. The lowest BCUT2D eigenvalue weighted by Crippen LogP contribution is -2.54. The molecule has 0 aliphatic carbocycles. The van der Waals surface area contributed by atoms with Gasteiger partial charge in [-0.25, -0.2) is 0 Å². The van der Waals surface area contributed by atoms with E-state index in [-0.39, 0.29) is 6.42 Å². The Labute approximate surface area is 199 Å². The van der Waals surface area contributed by atoms with Crippen LogP contribution in [0.2, 0.25) is 5.02 Å². The molecule has 3 N–H and O–H groups in total. The molecule has 0 saturated carbocycles. The van der Waals surface area contributed by atoms with Crippen LogP contribution >= 0.6 is 11.6 Å². The van der Waals surface area contributed by atoms with Crippen molar-refractivity contribution in [1.82, 2.24) is 16.0 Å². The highest BCUT2D eigenvalue weighted by Crippen LogP contribution is 2.12. The standard InChI is InChI=1S/C25H30ClN3O4/c1-3-4-13-21(16-30)28-23(31)17(2)27-25(33)22(14-18-9-6-5-7-10-18)29-24(32)19-11-8-12-20(26)15-19/h5-12,15-17,21-22H,3-4,13-14H2,1-2H3,(H,27,33)(H,28,31)(H,29,32)/t17-,21-,22-/m0/s1. The molecule has 0 unspecified atom stereocenters. The fourth-order valence-electron chi connectivity index (χ4n) is 3.22. The minimum Gasteiger partial charge on any atom is -0.345 e. The molecule has 0 aromatic heterocycles. The number of rotatable bonds is 12. The quantitative estimate of drug-likeness (QED) is 0.414. The summed E-state index contributed by atoms with van der Waals surface area (Å²) in [5.74, 6) is -1.42. The first kappa shape index (κ1) is 26.1. The zero-order valence-electron chi connectivity index (χ0n) is 18.8.